The van der Waals surface area contributed by atoms with Crippen LogP contribution < -0.4 is 10.2 Å². The van der Waals surface area contributed by atoms with E-state index in [-0.39, 0.29) is 24.3 Å². The molecule has 1 aliphatic rings. The Balaban J connectivity index is 1.64. The van der Waals surface area contributed by atoms with E-state index in [4.69, 9.17) is 23.2 Å². The SMILES string of the molecule is CCCN(CC(=O)Nc1ccc(Cl)cc1Cl)C(=O)[C@H]1CCCN(c2cnccn2)C1. The number of piperidine rings is 1. The highest BCUT2D eigenvalue weighted by atomic mass is 35.5. The Morgan fingerprint density at radius 1 is 1.30 bits per heavy atom. The van der Waals surface area contributed by atoms with Gasteiger partial charge in [0.15, 0.2) is 0 Å². The molecule has 0 spiro atoms. The molecular weight excluding hydrogens is 425 g/mol. The fraction of sp³-hybridized carbons (Fsp3) is 0.429. The van der Waals surface area contributed by atoms with Crippen molar-refractivity contribution in [2.24, 2.45) is 5.92 Å². The van der Waals surface area contributed by atoms with Crippen molar-refractivity contribution in [2.45, 2.75) is 26.2 Å². The third-order valence-corrected chi connectivity index (χ3v) is 5.54. The Morgan fingerprint density at radius 3 is 2.83 bits per heavy atom. The van der Waals surface area contributed by atoms with E-state index in [1.54, 1.807) is 41.7 Å². The van der Waals surface area contributed by atoms with Gasteiger partial charge in [0.25, 0.3) is 0 Å². The number of nitrogens with zero attached hydrogens (tertiary/aromatic N) is 4. The number of carbonyl (C=O) groups excluding carboxylic acids is 2. The summed E-state index contributed by atoms with van der Waals surface area (Å²) in [4.78, 5) is 38.0. The van der Waals surface area contributed by atoms with E-state index in [0.29, 0.717) is 28.8 Å². The van der Waals surface area contributed by atoms with Gasteiger partial charge in [0.2, 0.25) is 11.8 Å². The van der Waals surface area contributed by atoms with Crippen molar-refractivity contribution in [3.8, 4) is 0 Å². The van der Waals surface area contributed by atoms with Crippen molar-refractivity contribution in [3.63, 3.8) is 0 Å². The van der Waals surface area contributed by atoms with Gasteiger partial charge in [0.1, 0.15) is 5.82 Å². The minimum atomic E-state index is -0.289. The summed E-state index contributed by atoms with van der Waals surface area (Å²) in [6, 6.07) is 4.87. The normalized spacial score (nSPS) is 16.2. The van der Waals surface area contributed by atoms with Gasteiger partial charge in [0, 0.05) is 37.1 Å². The second-order valence-electron chi connectivity index (χ2n) is 7.28. The third kappa shape index (κ3) is 5.83. The van der Waals surface area contributed by atoms with E-state index in [2.05, 4.69) is 20.2 Å². The van der Waals surface area contributed by atoms with E-state index >= 15 is 0 Å². The van der Waals surface area contributed by atoms with Crippen molar-refractivity contribution in [1.82, 2.24) is 14.9 Å². The van der Waals surface area contributed by atoms with Crippen LogP contribution in [0.1, 0.15) is 26.2 Å². The van der Waals surface area contributed by atoms with E-state index in [0.717, 1.165) is 31.6 Å². The van der Waals surface area contributed by atoms with Gasteiger partial charge in [-0.15, -0.1) is 0 Å². The van der Waals surface area contributed by atoms with Crippen molar-refractivity contribution in [1.29, 1.82) is 0 Å². The highest BCUT2D eigenvalue weighted by Gasteiger charge is 2.30. The highest BCUT2D eigenvalue weighted by Crippen LogP contribution is 2.26. The second kappa shape index (κ2) is 10.6. The summed E-state index contributed by atoms with van der Waals surface area (Å²) < 4.78 is 0. The molecule has 160 valence electrons. The number of hydrogen-bond donors (Lipinski definition) is 1. The van der Waals surface area contributed by atoms with Gasteiger partial charge in [0.05, 0.1) is 29.4 Å². The number of halogens is 2. The van der Waals surface area contributed by atoms with Gasteiger partial charge < -0.3 is 15.1 Å². The number of amides is 2. The first kappa shape index (κ1) is 22.3. The van der Waals surface area contributed by atoms with Gasteiger partial charge in [-0.3, -0.25) is 14.6 Å². The molecule has 1 aromatic heterocycles. The summed E-state index contributed by atoms with van der Waals surface area (Å²) in [5.74, 6) is 0.289. The van der Waals surface area contributed by atoms with Gasteiger partial charge in [-0.1, -0.05) is 30.1 Å². The zero-order valence-electron chi connectivity index (χ0n) is 16.9. The first-order valence-electron chi connectivity index (χ1n) is 10.0. The molecule has 1 fully saturated rings. The molecule has 1 atom stereocenters. The molecule has 0 radical (unpaired) electrons. The van der Waals surface area contributed by atoms with Gasteiger partial charge in [-0.2, -0.15) is 0 Å². The molecule has 2 heterocycles. The molecule has 0 unspecified atom stereocenters. The van der Waals surface area contributed by atoms with Crippen LogP contribution in [0, 0.1) is 5.92 Å². The molecule has 30 heavy (non-hydrogen) atoms. The second-order valence-corrected chi connectivity index (χ2v) is 8.12. The number of aromatic nitrogens is 2. The third-order valence-electron chi connectivity index (χ3n) is 4.99. The lowest BCUT2D eigenvalue weighted by Gasteiger charge is -2.35. The maximum atomic E-state index is 13.2. The topological polar surface area (TPSA) is 78.4 Å². The average molecular weight is 450 g/mol. The summed E-state index contributed by atoms with van der Waals surface area (Å²) in [6.45, 7) is 3.89. The Bertz CT molecular complexity index is 881. The molecule has 1 saturated heterocycles. The standard InChI is InChI=1S/C21H25Cl2N5O2/c1-2-9-28(14-20(29)26-18-6-5-16(22)11-17(18)23)21(30)15-4-3-10-27(13-15)19-12-24-7-8-25-19/h5-8,11-12,15H,2-4,9-10,13-14H2,1H3,(H,26,29)/t15-/m0/s1. The van der Waals surface area contributed by atoms with Crippen LogP contribution in [0.3, 0.4) is 0 Å². The molecule has 3 rings (SSSR count). The lowest BCUT2D eigenvalue weighted by molar-refractivity contribution is -0.138. The van der Waals surface area contributed by atoms with E-state index in [9.17, 15) is 9.59 Å². The lowest BCUT2D eigenvalue weighted by Crippen LogP contribution is -2.47. The maximum Gasteiger partial charge on any atom is 0.244 e. The summed E-state index contributed by atoms with van der Waals surface area (Å²) in [5.41, 5.74) is 0.474. The minimum Gasteiger partial charge on any atom is -0.355 e. The van der Waals surface area contributed by atoms with E-state index in [1.807, 2.05) is 6.92 Å². The predicted octanol–water partition coefficient (Wildman–Crippen LogP) is 3.88. The van der Waals surface area contributed by atoms with Crippen molar-refractivity contribution in [3.05, 3.63) is 46.8 Å². The van der Waals surface area contributed by atoms with Crippen LogP contribution in [0.5, 0.6) is 0 Å². The Morgan fingerprint density at radius 2 is 2.13 bits per heavy atom. The van der Waals surface area contributed by atoms with Crippen LogP contribution in [0.2, 0.25) is 10.0 Å². The number of rotatable bonds is 7. The minimum absolute atomic E-state index is 0.0113. The van der Waals surface area contributed by atoms with Gasteiger partial charge in [-0.25, -0.2) is 4.98 Å². The molecule has 1 aliphatic heterocycles. The number of carbonyl (C=O) groups is 2. The van der Waals surface area contributed by atoms with Crippen LogP contribution in [0.4, 0.5) is 11.5 Å². The van der Waals surface area contributed by atoms with Crippen molar-refractivity contribution in [2.75, 3.05) is 36.4 Å². The molecule has 1 N–H and O–H groups in total. The fourth-order valence-corrected chi connectivity index (χ4v) is 4.05. The summed E-state index contributed by atoms with van der Waals surface area (Å²) in [7, 11) is 0. The number of nitrogens with one attached hydrogen (secondary N) is 1. The van der Waals surface area contributed by atoms with Crippen molar-refractivity contribution >= 4 is 46.5 Å². The van der Waals surface area contributed by atoms with E-state index in [1.165, 1.54) is 0 Å². The van der Waals surface area contributed by atoms with Gasteiger partial charge in [-0.05, 0) is 37.5 Å². The molecule has 0 saturated carbocycles. The Hall–Kier alpha value is -2.38. The van der Waals surface area contributed by atoms with Crippen LogP contribution in [-0.4, -0.2) is 52.9 Å². The molecular formula is C21H25Cl2N5O2. The average Bonchev–Trinajstić information content (AvgIpc) is 2.75. The Labute approximate surface area is 186 Å². The van der Waals surface area contributed by atoms with Crippen LogP contribution >= 0.6 is 23.2 Å². The highest BCUT2D eigenvalue weighted by molar-refractivity contribution is 6.36. The van der Waals surface area contributed by atoms with Crippen LogP contribution in [-0.2, 0) is 9.59 Å². The number of benzene rings is 1. The summed E-state index contributed by atoms with van der Waals surface area (Å²) >= 11 is 12.0. The summed E-state index contributed by atoms with van der Waals surface area (Å²) in [6.07, 6.45) is 7.43. The molecule has 2 aromatic rings. The largest absolute Gasteiger partial charge is 0.355 e. The lowest BCUT2D eigenvalue weighted by atomic mass is 9.96. The zero-order valence-corrected chi connectivity index (χ0v) is 18.4. The monoisotopic (exact) mass is 449 g/mol. The van der Waals surface area contributed by atoms with Crippen molar-refractivity contribution < 1.29 is 9.59 Å². The van der Waals surface area contributed by atoms with E-state index < -0.39 is 0 Å². The molecule has 9 heteroatoms. The molecule has 2 amide bonds. The van der Waals surface area contributed by atoms with Crippen LogP contribution in [0.15, 0.2) is 36.8 Å². The quantitative estimate of drug-likeness (QED) is 0.693. The first-order valence-corrected chi connectivity index (χ1v) is 10.8. The zero-order chi connectivity index (χ0) is 21.5. The molecule has 0 aliphatic carbocycles. The van der Waals surface area contributed by atoms with Gasteiger partial charge >= 0.3 is 0 Å². The fourth-order valence-electron chi connectivity index (χ4n) is 3.59. The summed E-state index contributed by atoms with van der Waals surface area (Å²) in [5, 5.41) is 3.62. The number of anilines is 2. The van der Waals surface area contributed by atoms with Crippen LogP contribution in [0.25, 0.3) is 0 Å². The first-order chi connectivity index (χ1) is 14.5. The smallest absolute Gasteiger partial charge is 0.244 e. The Kier molecular flexibility index (Phi) is 7.87. The molecule has 1 aromatic carbocycles. The number of hydrogen-bond acceptors (Lipinski definition) is 5. The maximum absolute atomic E-state index is 13.2. The molecule has 0 bridgehead atoms. The molecule has 7 nitrogen and oxygen atoms in total. The predicted molar refractivity (Wildman–Crippen MR) is 119 cm³/mol.